The van der Waals surface area contributed by atoms with Crippen molar-refractivity contribution in [2.75, 3.05) is 6.61 Å². The molecule has 2 aromatic carbocycles. The summed E-state index contributed by atoms with van der Waals surface area (Å²) >= 11 is 0. The lowest BCUT2D eigenvalue weighted by Crippen LogP contribution is -2.43. The summed E-state index contributed by atoms with van der Waals surface area (Å²) < 4.78 is 12.8. The van der Waals surface area contributed by atoms with E-state index in [-0.39, 0.29) is 6.10 Å². The first kappa shape index (κ1) is 15.3. The van der Waals surface area contributed by atoms with E-state index >= 15 is 0 Å². The minimum Gasteiger partial charge on any atom is -0.342 e. The maximum atomic E-state index is 6.53. The number of benzene rings is 2. The van der Waals surface area contributed by atoms with Crippen LogP contribution in [0.5, 0.6) is 0 Å². The molecule has 1 aliphatic heterocycles. The average Bonchev–Trinajstić information content (AvgIpc) is 2.61. The van der Waals surface area contributed by atoms with Crippen LogP contribution >= 0.6 is 0 Å². The van der Waals surface area contributed by atoms with Crippen molar-refractivity contribution in [3.8, 4) is 0 Å². The molecular formula is C20H24O2. The standard InChI is InChI=1S/C20H24O2/c1-2-3-14-19-15-16-21-20(22-19,17-10-6-4-7-11-17)18-12-8-5-9-13-18/h4-13,19H,2-3,14-16H2,1H3. The Kier molecular flexibility index (Phi) is 4.91. The van der Waals surface area contributed by atoms with E-state index in [1.54, 1.807) is 0 Å². The first-order valence-electron chi connectivity index (χ1n) is 8.28. The topological polar surface area (TPSA) is 18.5 Å². The van der Waals surface area contributed by atoms with Gasteiger partial charge in [-0.2, -0.15) is 0 Å². The normalized spacial score (nSPS) is 20.7. The van der Waals surface area contributed by atoms with Crippen LogP contribution in [0.4, 0.5) is 0 Å². The molecule has 2 nitrogen and oxygen atoms in total. The zero-order valence-electron chi connectivity index (χ0n) is 13.2. The molecule has 1 heterocycles. The van der Waals surface area contributed by atoms with E-state index in [1.807, 2.05) is 36.4 Å². The molecule has 1 unspecified atom stereocenters. The van der Waals surface area contributed by atoms with Gasteiger partial charge < -0.3 is 9.47 Å². The van der Waals surface area contributed by atoms with Crippen molar-refractivity contribution in [1.29, 1.82) is 0 Å². The second-order valence-corrected chi connectivity index (χ2v) is 5.87. The SMILES string of the molecule is CCCCC1CCOC(c2ccccc2)(c2ccccc2)O1. The van der Waals surface area contributed by atoms with E-state index in [0.29, 0.717) is 0 Å². The van der Waals surface area contributed by atoms with E-state index in [4.69, 9.17) is 9.47 Å². The van der Waals surface area contributed by atoms with Crippen LogP contribution in [0.25, 0.3) is 0 Å². The Morgan fingerprint density at radius 1 is 0.955 bits per heavy atom. The van der Waals surface area contributed by atoms with Crippen LogP contribution in [0.3, 0.4) is 0 Å². The number of hydrogen-bond acceptors (Lipinski definition) is 2. The smallest absolute Gasteiger partial charge is 0.222 e. The summed E-state index contributed by atoms with van der Waals surface area (Å²) in [6.45, 7) is 2.96. The largest absolute Gasteiger partial charge is 0.342 e. The van der Waals surface area contributed by atoms with E-state index < -0.39 is 5.79 Å². The molecule has 1 aliphatic rings. The molecule has 1 atom stereocenters. The van der Waals surface area contributed by atoms with E-state index in [1.165, 1.54) is 12.8 Å². The molecule has 2 heteroatoms. The first-order valence-corrected chi connectivity index (χ1v) is 8.28. The molecule has 2 aromatic rings. The molecule has 1 fully saturated rings. The lowest BCUT2D eigenvalue weighted by Gasteiger charge is -2.42. The van der Waals surface area contributed by atoms with Crippen LogP contribution in [0.2, 0.25) is 0 Å². The van der Waals surface area contributed by atoms with Gasteiger partial charge in [0.1, 0.15) is 0 Å². The van der Waals surface area contributed by atoms with Gasteiger partial charge in [0.15, 0.2) is 0 Å². The molecule has 0 spiro atoms. The lowest BCUT2D eigenvalue weighted by molar-refractivity contribution is -0.279. The Balaban J connectivity index is 1.97. The third-order valence-electron chi connectivity index (χ3n) is 4.27. The highest BCUT2D eigenvalue weighted by Crippen LogP contribution is 2.40. The Morgan fingerprint density at radius 2 is 1.55 bits per heavy atom. The minimum absolute atomic E-state index is 0.258. The van der Waals surface area contributed by atoms with Gasteiger partial charge in [0, 0.05) is 11.1 Å². The molecule has 0 radical (unpaired) electrons. The second-order valence-electron chi connectivity index (χ2n) is 5.87. The molecule has 1 saturated heterocycles. The average molecular weight is 296 g/mol. The van der Waals surface area contributed by atoms with Gasteiger partial charge in [-0.05, 0) is 12.8 Å². The van der Waals surface area contributed by atoms with Gasteiger partial charge in [0.25, 0.3) is 0 Å². The first-order chi connectivity index (χ1) is 10.8. The predicted molar refractivity (Wildman–Crippen MR) is 88.6 cm³/mol. The van der Waals surface area contributed by atoms with Crippen LogP contribution < -0.4 is 0 Å². The van der Waals surface area contributed by atoms with E-state index in [9.17, 15) is 0 Å². The van der Waals surface area contributed by atoms with Crippen molar-refractivity contribution in [3.63, 3.8) is 0 Å². The zero-order valence-corrected chi connectivity index (χ0v) is 13.2. The third kappa shape index (κ3) is 3.08. The maximum absolute atomic E-state index is 6.53. The summed E-state index contributed by atoms with van der Waals surface area (Å²) in [7, 11) is 0. The molecular weight excluding hydrogens is 272 g/mol. The fourth-order valence-electron chi connectivity index (χ4n) is 3.08. The summed E-state index contributed by atoms with van der Waals surface area (Å²) in [5.74, 6) is -0.765. The van der Waals surface area contributed by atoms with Crippen LogP contribution in [-0.4, -0.2) is 12.7 Å². The Morgan fingerprint density at radius 3 is 2.09 bits per heavy atom. The molecule has 22 heavy (non-hydrogen) atoms. The molecule has 3 rings (SSSR count). The van der Waals surface area contributed by atoms with Gasteiger partial charge in [0.05, 0.1) is 12.7 Å². The lowest BCUT2D eigenvalue weighted by atomic mass is 9.95. The van der Waals surface area contributed by atoms with Crippen molar-refractivity contribution in [3.05, 3.63) is 71.8 Å². The molecule has 0 aliphatic carbocycles. The van der Waals surface area contributed by atoms with Gasteiger partial charge in [-0.3, -0.25) is 0 Å². The van der Waals surface area contributed by atoms with Crippen molar-refractivity contribution < 1.29 is 9.47 Å². The summed E-state index contributed by atoms with van der Waals surface area (Å²) in [5, 5.41) is 0. The van der Waals surface area contributed by atoms with Crippen molar-refractivity contribution in [1.82, 2.24) is 0 Å². The number of unbranched alkanes of at least 4 members (excludes halogenated alkanes) is 1. The predicted octanol–water partition coefficient (Wildman–Crippen LogP) is 4.88. The monoisotopic (exact) mass is 296 g/mol. The second kappa shape index (κ2) is 7.08. The maximum Gasteiger partial charge on any atom is 0.222 e. The van der Waals surface area contributed by atoms with Crippen LogP contribution in [-0.2, 0) is 15.3 Å². The fraction of sp³-hybridized carbons (Fsp3) is 0.400. The van der Waals surface area contributed by atoms with Crippen molar-refractivity contribution in [2.24, 2.45) is 0 Å². The number of ether oxygens (including phenoxy) is 2. The van der Waals surface area contributed by atoms with Crippen LogP contribution in [0.15, 0.2) is 60.7 Å². The van der Waals surface area contributed by atoms with E-state index in [2.05, 4.69) is 31.2 Å². The van der Waals surface area contributed by atoms with E-state index in [0.717, 1.165) is 30.6 Å². The zero-order chi connectivity index (χ0) is 15.3. The molecule has 0 bridgehead atoms. The van der Waals surface area contributed by atoms with Gasteiger partial charge in [-0.15, -0.1) is 0 Å². The van der Waals surface area contributed by atoms with Gasteiger partial charge in [-0.1, -0.05) is 80.4 Å². The van der Waals surface area contributed by atoms with Gasteiger partial charge in [0.2, 0.25) is 5.79 Å². The fourth-order valence-corrected chi connectivity index (χ4v) is 3.08. The highest BCUT2D eigenvalue weighted by Gasteiger charge is 2.41. The molecule has 116 valence electrons. The molecule has 0 saturated carbocycles. The Hall–Kier alpha value is -1.64. The van der Waals surface area contributed by atoms with Crippen molar-refractivity contribution >= 4 is 0 Å². The quantitative estimate of drug-likeness (QED) is 0.782. The molecule has 0 aromatic heterocycles. The van der Waals surface area contributed by atoms with Crippen LogP contribution in [0, 0.1) is 0 Å². The molecule has 0 N–H and O–H groups in total. The number of hydrogen-bond donors (Lipinski definition) is 0. The minimum atomic E-state index is -0.765. The summed E-state index contributed by atoms with van der Waals surface area (Å²) in [4.78, 5) is 0. The van der Waals surface area contributed by atoms with Crippen molar-refractivity contribution in [2.45, 2.75) is 44.5 Å². The number of rotatable bonds is 5. The summed E-state index contributed by atoms with van der Waals surface area (Å²) in [6, 6.07) is 20.6. The van der Waals surface area contributed by atoms with Gasteiger partial charge in [-0.25, -0.2) is 0 Å². The summed E-state index contributed by atoms with van der Waals surface area (Å²) in [5.41, 5.74) is 2.14. The molecule has 0 amide bonds. The summed E-state index contributed by atoms with van der Waals surface area (Å²) in [6.07, 6.45) is 4.73. The highest BCUT2D eigenvalue weighted by molar-refractivity contribution is 5.34. The van der Waals surface area contributed by atoms with Crippen LogP contribution in [0.1, 0.15) is 43.7 Å². The van der Waals surface area contributed by atoms with Gasteiger partial charge >= 0.3 is 0 Å². The Labute approximate surface area is 133 Å². The third-order valence-corrected chi connectivity index (χ3v) is 4.27. The highest BCUT2D eigenvalue weighted by atomic mass is 16.7. The Bertz CT molecular complexity index is 525.